The van der Waals surface area contributed by atoms with E-state index in [1.165, 1.54) is 5.69 Å². The van der Waals surface area contributed by atoms with Crippen LogP contribution in [0.15, 0.2) is 78.2 Å². The molecule has 0 bridgehead atoms. The normalized spacial score (nSPS) is 13.3. The predicted octanol–water partition coefficient (Wildman–Crippen LogP) is 5.05. The standard InChI is InChI=1S/C31H34N6O2S/c1-22-23(2)34-31(35-29(22)37-18-16-36(17-19-37)27-8-10-28(39-3)11-9-27)40-21-25-4-6-26(7-5-25)30(38)33-20-24-12-14-32-15-13-24/h4-15H,16-21H2,1-3H3,(H,33,38). The van der Waals surface area contributed by atoms with Crippen LogP contribution in [0.5, 0.6) is 5.75 Å². The monoisotopic (exact) mass is 554 g/mol. The Balaban J connectivity index is 1.17. The first-order chi connectivity index (χ1) is 19.5. The number of methoxy groups -OCH3 is 1. The fourth-order valence-electron chi connectivity index (χ4n) is 4.62. The minimum Gasteiger partial charge on any atom is -0.497 e. The molecule has 206 valence electrons. The molecule has 1 aliphatic heterocycles. The smallest absolute Gasteiger partial charge is 0.251 e. The van der Waals surface area contributed by atoms with E-state index in [9.17, 15) is 4.79 Å². The Labute approximate surface area is 239 Å². The Morgan fingerprint density at radius 3 is 2.23 bits per heavy atom. The highest BCUT2D eigenvalue weighted by Crippen LogP contribution is 2.28. The number of ether oxygens (including phenoxy) is 1. The molecule has 1 fully saturated rings. The fourth-order valence-corrected chi connectivity index (χ4v) is 5.46. The molecule has 0 saturated carbocycles. The van der Waals surface area contributed by atoms with Crippen molar-refractivity contribution in [2.24, 2.45) is 0 Å². The summed E-state index contributed by atoms with van der Waals surface area (Å²) in [6, 6.07) is 19.8. The third kappa shape index (κ3) is 6.71. The van der Waals surface area contributed by atoms with E-state index < -0.39 is 0 Å². The van der Waals surface area contributed by atoms with Gasteiger partial charge in [-0.15, -0.1) is 0 Å². The molecule has 1 N–H and O–H groups in total. The predicted molar refractivity (Wildman–Crippen MR) is 160 cm³/mol. The zero-order valence-electron chi connectivity index (χ0n) is 23.1. The maximum absolute atomic E-state index is 12.5. The molecule has 0 aliphatic carbocycles. The van der Waals surface area contributed by atoms with Gasteiger partial charge in [-0.25, -0.2) is 9.97 Å². The summed E-state index contributed by atoms with van der Waals surface area (Å²) in [5.74, 6) is 2.53. The van der Waals surface area contributed by atoms with Gasteiger partial charge in [0.05, 0.1) is 7.11 Å². The van der Waals surface area contributed by atoms with Crippen molar-refractivity contribution in [2.45, 2.75) is 31.3 Å². The van der Waals surface area contributed by atoms with E-state index >= 15 is 0 Å². The summed E-state index contributed by atoms with van der Waals surface area (Å²) in [7, 11) is 1.69. The molecule has 4 aromatic rings. The van der Waals surface area contributed by atoms with Gasteiger partial charge in [0.1, 0.15) is 11.6 Å². The van der Waals surface area contributed by atoms with E-state index in [2.05, 4.69) is 46.1 Å². The molecule has 2 aromatic carbocycles. The molecule has 5 rings (SSSR count). The fraction of sp³-hybridized carbons (Fsp3) is 0.290. The van der Waals surface area contributed by atoms with Gasteiger partial charge in [-0.2, -0.15) is 0 Å². The number of amides is 1. The van der Waals surface area contributed by atoms with Crippen LogP contribution < -0.4 is 19.9 Å². The second kappa shape index (κ2) is 12.8. The summed E-state index contributed by atoms with van der Waals surface area (Å²) in [6.45, 7) is 8.29. The number of hydrogen-bond acceptors (Lipinski definition) is 8. The molecule has 0 radical (unpaired) electrons. The second-order valence-corrected chi connectivity index (χ2v) is 10.7. The number of thioether (sulfide) groups is 1. The Kier molecular flexibility index (Phi) is 8.81. The number of carbonyl (C=O) groups excluding carboxylic acids is 1. The van der Waals surface area contributed by atoms with Crippen LogP contribution in [0.2, 0.25) is 0 Å². The van der Waals surface area contributed by atoms with Gasteiger partial charge in [-0.3, -0.25) is 9.78 Å². The van der Waals surface area contributed by atoms with Crippen LogP contribution in [0.1, 0.15) is 32.7 Å². The molecule has 8 nitrogen and oxygen atoms in total. The molecule has 40 heavy (non-hydrogen) atoms. The number of rotatable bonds is 9. The summed E-state index contributed by atoms with van der Waals surface area (Å²) >= 11 is 1.62. The van der Waals surface area contributed by atoms with Gasteiger partial charge >= 0.3 is 0 Å². The minimum absolute atomic E-state index is 0.0924. The molecule has 1 saturated heterocycles. The molecule has 3 heterocycles. The number of carbonyl (C=O) groups is 1. The molecule has 0 atom stereocenters. The minimum atomic E-state index is -0.0924. The van der Waals surface area contributed by atoms with E-state index in [1.807, 2.05) is 48.5 Å². The largest absolute Gasteiger partial charge is 0.497 e. The number of aryl methyl sites for hydroxylation is 1. The van der Waals surface area contributed by atoms with Crippen LogP contribution in [0.4, 0.5) is 11.5 Å². The number of benzene rings is 2. The lowest BCUT2D eigenvalue weighted by Gasteiger charge is -2.37. The number of hydrogen-bond donors (Lipinski definition) is 1. The van der Waals surface area contributed by atoms with E-state index in [-0.39, 0.29) is 5.91 Å². The summed E-state index contributed by atoms with van der Waals surface area (Å²) < 4.78 is 5.29. The zero-order chi connectivity index (χ0) is 27.9. The SMILES string of the molecule is COc1ccc(N2CCN(c3nc(SCc4ccc(C(=O)NCc5ccncc5)cc4)nc(C)c3C)CC2)cc1. The van der Waals surface area contributed by atoms with Crippen LogP contribution >= 0.6 is 11.8 Å². The quantitative estimate of drug-likeness (QED) is 0.228. The average Bonchev–Trinajstić information content (AvgIpc) is 3.01. The summed E-state index contributed by atoms with van der Waals surface area (Å²) in [4.78, 5) is 31.0. The van der Waals surface area contributed by atoms with Crippen molar-refractivity contribution >= 4 is 29.2 Å². The van der Waals surface area contributed by atoms with Gasteiger partial charge in [-0.1, -0.05) is 23.9 Å². The van der Waals surface area contributed by atoms with Crippen LogP contribution in [0, 0.1) is 13.8 Å². The van der Waals surface area contributed by atoms with Gasteiger partial charge in [-0.05, 0) is 73.5 Å². The van der Waals surface area contributed by atoms with Crippen LogP contribution in [0.3, 0.4) is 0 Å². The van der Waals surface area contributed by atoms with Gasteiger partial charge in [0, 0.05) is 73.4 Å². The summed E-state index contributed by atoms with van der Waals surface area (Å²) in [5.41, 5.74) is 6.12. The van der Waals surface area contributed by atoms with E-state index in [0.717, 1.165) is 71.0 Å². The van der Waals surface area contributed by atoms with Gasteiger partial charge < -0.3 is 19.9 Å². The van der Waals surface area contributed by atoms with Crippen LogP contribution in [-0.4, -0.2) is 54.1 Å². The summed E-state index contributed by atoms with van der Waals surface area (Å²) in [5, 5.41) is 3.73. The molecule has 0 spiro atoms. The number of nitrogens with zero attached hydrogens (tertiary/aromatic N) is 5. The molecule has 0 unspecified atom stereocenters. The van der Waals surface area contributed by atoms with Crippen molar-refractivity contribution in [2.75, 3.05) is 43.1 Å². The van der Waals surface area contributed by atoms with Crippen LogP contribution in [-0.2, 0) is 12.3 Å². The second-order valence-electron chi connectivity index (χ2n) is 9.74. The van der Waals surface area contributed by atoms with Crippen molar-refractivity contribution in [3.8, 4) is 5.75 Å². The molecule has 1 aliphatic rings. The topological polar surface area (TPSA) is 83.5 Å². The highest BCUT2D eigenvalue weighted by Gasteiger charge is 2.21. The maximum Gasteiger partial charge on any atom is 0.251 e. The van der Waals surface area contributed by atoms with Crippen molar-refractivity contribution in [1.82, 2.24) is 20.3 Å². The van der Waals surface area contributed by atoms with E-state index in [1.54, 1.807) is 31.3 Å². The highest BCUT2D eigenvalue weighted by atomic mass is 32.2. The van der Waals surface area contributed by atoms with Crippen molar-refractivity contribution in [1.29, 1.82) is 0 Å². The molecule has 1 amide bonds. The van der Waals surface area contributed by atoms with Crippen molar-refractivity contribution in [3.05, 3.63) is 101 Å². The number of anilines is 2. The Bertz CT molecular complexity index is 1420. The number of nitrogens with one attached hydrogen (secondary N) is 1. The Morgan fingerprint density at radius 1 is 0.875 bits per heavy atom. The van der Waals surface area contributed by atoms with Crippen molar-refractivity contribution < 1.29 is 9.53 Å². The molecular weight excluding hydrogens is 520 g/mol. The number of aromatic nitrogens is 3. The zero-order valence-corrected chi connectivity index (χ0v) is 23.9. The van der Waals surface area contributed by atoms with Crippen molar-refractivity contribution in [3.63, 3.8) is 0 Å². The average molecular weight is 555 g/mol. The molecular formula is C31H34N6O2S. The lowest BCUT2D eigenvalue weighted by atomic mass is 10.1. The summed E-state index contributed by atoms with van der Waals surface area (Å²) in [6.07, 6.45) is 3.44. The molecule has 9 heteroatoms. The van der Waals surface area contributed by atoms with E-state index in [4.69, 9.17) is 14.7 Å². The lowest BCUT2D eigenvalue weighted by Crippen LogP contribution is -2.47. The first kappa shape index (κ1) is 27.5. The highest BCUT2D eigenvalue weighted by molar-refractivity contribution is 7.98. The van der Waals surface area contributed by atoms with Crippen LogP contribution in [0.25, 0.3) is 0 Å². The van der Waals surface area contributed by atoms with Gasteiger partial charge in [0.25, 0.3) is 5.91 Å². The third-order valence-electron chi connectivity index (χ3n) is 7.15. The number of pyridine rings is 1. The first-order valence-electron chi connectivity index (χ1n) is 13.4. The first-order valence-corrected chi connectivity index (χ1v) is 14.4. The van der Waals surface area contributed by atoms with E-state index in [0.29, 0.717) is 12.1 Å². The Morgan fingerprint density at radius 2 is 1.55 bits per heavy atom. The lowest BCUT2D eigenvalue weighted by molar-refractivity contribution is 0.0951. The number of piperazine rings is 1. The van der Waals surface area contributed by atoms with Gasteiger partial charge in [0.15, 0.2) is 5.16 Å². The maximum atomic E-state index is 12.5. The third-order valence-corrected chi connectivity index (χ3v) is 8.06. The Hall–Kier alpha value is -4.11. The molecule has 2 aromatic heterocycles. The van der Waals surface area contributed by atoms with Gasteiger partial charge in [0.2, 0.25) is 0 Å².